The number of hydrogen-bond donors (Lipinski definition) is 0. The SMILES string of the molecule is C[n+]1ccc2ccccc2c1Oc1ccccc1. The van der Waals surface area contributed by atoms with Gasteiger partial charge in [0.05, 0.1) is 5.39 Å². The minimum Gasteiger partial charge on any atom is -0.405 e. The van der Waals surface area contributed by atoms with Gasteiger partial charge < -0.3 is 4.74 Å². The van der Waals surface area contributed by atoms with Crippen molar-refractivity contribution in [1.82, 2.24) is 0 Å². The molecule has 1 aromatic heterocycles. The summed E-state index contributed by atoms with van der Waals surface area (Å²) in [5.74, 6) is 1.71. The lowest BCUT2D eigenvalue weighted by Crippen LogP contribution is -2.29. The molecule has 0 aliphatic carbocycles. The summed E-state index contributed by atoms with van der Waals surface area (Å²) in [5.41, 5.74) is 0. The maximum atomic E-state index is 5.99. The molecule has 2 aromatic carbocycles. The molecule has 3 rings (SSSR count). The number of pyridine rings is 1. The average molecular weight is 236 g/mol. The number of aryl methyl sites for hydroxylation is 1. The summed E-state index contributed by atoms with van der Waals surface area (Å²) in [6.07, 6.45) is 2.01. The first kappa shape index (κ1) is 10.8. The minimum atomic E-state index is 0.851. The predicted molar refractivity (Wildman–Crippen MR) is 71.6 cm³/mol. The number of ether oxygens (including phenoxy) is 1. The van der Waals surface area contributed by atoms with Gasteiger partial charge >= 0.3 is 5.88 Å². The number of fused-ring (bicyclic) bond motifs is 1. The van der Waals surface area contributed by atoms with Crippen LogP contribution in [0.2, 0.25) is 0 Å². The highest BCUT2D eigenvalue weighted by molar-refractivity contribution is 5.85. The van der Waals surface area contributed by atoms with E-state index >= 15 is 0 Å². The number of nitrogens with zero attached hydrogens (tertiary/aromatic N) is 1. The lowest BCUT2D eigenvalue weighted by molar-refractivity contribution is -0.674. The molecule has 88 valence electrons. The lowest BCUT2D eigenvalue weighted by atomic mass is 10.2. The average Bonchev–Trinajstić information content (AvgIpc) is 2.43. The molecule has 0 bridgehead atoms. The standard InChI is InChI=1S/C16H14NO/c1-17-12-11-13-7-5-6-10-15(13)16(17)18-14-8-3-2-4-9-14/h2-12H,1H3/q+1. The van der Waals surface area contributed by atoms with Crippen molar-refractivity contribution in [1.29, 1.82) is 0 Å². The molecule has 3 aromatic rings. The summed E-state index contributed by atoms with van der Waals surface area (Å²) in [6.45, 7) is 0. The highest BCUT2D eigenvalue weighted by Crippen LogP contribution is 2.25. The Kier molecular flexibility index (Phi) is 2.69. The molecule has 0 aliphatic heterocycles. The Bertz CT molecular complexity index is 677. The monoisotopic (exact) mass is 236 g/mol. The van der Waals surface area contributed by atoms with Crippen LogP contribution in [0, 0.1) is 0 Å². The smallest absolute Gasteiger partial charge is 0.381 e. The Morgan fingerprint density at radius 3 is 2.39 bits per heavy atom. The van der Waals surface area contributed by atoms with E-state index in [0.717, 1.165) is 17.0 Å². The number of benzene rings is 2. The Balaban J connectivity index is 2.13. The van der Waals surface area contributed by atoms with Crippen molar-refractivity contribution in [3.63, 3.8) is 0 Å². The van der Waals surface area contributed by atoms with Crippen molar-refractivity contribution in [2.24, 2.45) is 7.05 Å². The number of rotatable bonds is 2. The second kappa shape index (κ2) is 4.49. The van der Waals surface area contributed by atoms with Gasteiger partial charge in [0.25, 0.3) is 0 Å². The molecular formula is C16H14NO+. The summed E-state index contributed by atoms with van der Waals surface area (Å²) in [7, 11) is 1.99. The Morgan fingerprint density at radius 2 is 1.56 bits per heavy atom. The fourth-order valence-electron chi connectivity index (χ4n) is 2.01. The van der Waals surface area contributed by atoms with Crippen molar-refractivity contribution in [3.05, 3.63) is 66.9 Å². The van der Waals surface area contributed by atoms with Crippen molar-refractivity contribution >= 4 is 10.8 Å². The molecule has 2 nitrogen and oxygen atoms in total. The fraction of sp³-hybridized carbons (Fsp3) is 0.0625. The van der Waals surface area contributed by atoms with Crippen molar-refractivity contribution in [2.45, 2.75) is 0 Å². The summed E-state index contributed by atoms with van der Waals surface area (Å²) in [4.78, 5) is 0. The second-order valence-corrected chi connectivity index (χ2v) is 4.23. The van der Waals surface area contributed by atoms with Gasteiger partial charge in [-0.1, -0.05) is 36.4 Å². The van der Waals surface area contributed by atoms with Gasteiger partial charge in [-0.15, -0.1) is 0 Å². The quantitative estimate of drug-likeness (QED) is 0.621. The van der Waals surface area contributed by atoms with Crippen molar-refractivity contribution < 1.29 is 9.30 Å². The molecule has 1 heterocycles. The number of para-hydroxylation sites is 1. The van der Waals surface area contributed by atoms with E-state index in [4.69, 9.17) is 4.74 Å². The van der Waals surface area contributed by atoms with E-state index in [1.165, 1.54) is 5.39 Å². The van der Waals surface area contributed by atoms with Gasteiger partial charge in [0.2, 0.25) is 0 Å². The summed E-state index contributed by atoms with van der Waals surface area (Å²) in [6, 6.07) is 20.2. The highest BCUT2D eigenvalue weighted by Gasteiger charge is 2.13. The van der Waals surface area contributed by atoms with E-state index in [-0.39, 0.29) is 0 Å². The molecule has 0 saturated heterocycles. The molecule has 0 fully saturated rings. The first-order chi connectivity index (χ1) is 8.84. The largest absolute Gasteiger partial charge is 0.405 e. The molecule has 0 N–H and O–H groups in total. The van der Waals surface area contributed by atoms with Gasteiger partial charge in [0, 0.05) is 6.07 Å². The fourth-order valence-corrected chi connectivity index (χ4v) is 2.01. The first-order valence-electron chi connectivity index (χ1n) is 5.95. The maximum Gasteiger partial charge on any atom is 0.381 e. The van der Waals surface area contributed by atoms with Crippen LogP contribution in [0.1, 0.15) is 0 Å². The molecule has 0 aliphatic rings. The third-order valence-corrected chi connectivity index (χ3v) is 2.95. The Hall–Kier alpha value is -2.35. The van der Waals surface area contributed by atoms with E-state index in [2.05, 4.69) is 18.2 Å². The first-order valence-corrected chi connectivity index (χ1v) is 5.95. The molecular weight excluding hydrogens is 222 g/mol. The zero-order chi connectivity index (χ0) is 12.4. The normalized spacial score (nSPS) is 10.5. The van der Waals surface area contributed by atoms with Gasteiger partial charge in [-0.2, -0.15) is 4.57 Å². The molecule has 0 spiro atoms. The van der Waals surface area contributed by atoms with Gasteiger partial charge in [-0.3, -0.25) is 0 Å². The minimum absolute atomic E-state index is 0.851. The highest BCUT2D eigenvalue weighted by atomic mass is 16.5. The van der Waals surface area contributed by atoms with Crippen LogP contribution in [0.3, 0.4) is 0 Å². The lowest BCUT2D eigenvalue weighted by Gasteiger charge is -2.06. The zero-order valence-corrected chi connectivity index (χ0v) is 10.2. The molecule has 0 atom stereocenters. The summed E-state index contributed by atoms with van der Waals surface area (Å²) in [5, 5.41) is 2.30. The van der Waals surface area contributed by atoms with Gasteiger partial charge in [0.1, 0.15) is 12.8 Å². The summed E-state index contributed by atoms with van der Waals surface area (Å²) >= 11 is 0. The van der Waals surface area contributed by atoms with E-state index in [0.29, 0.717) is 0 Å². The molecule has 0 saturated carbocycles. The maximum absolute atomic E-state index is 5.99. The third-order valence-electron chi connectivity index (χ3n) is 2.95. The van der Waals surface area contributed by atoms with Crippen LogP contribution in [0.25, 0.3) is 10.8 Å². The zero-order valence-electron chi connectivity index (χ0n) is 10.2. The third kappa shape index (κ3) is 1.93. The number of aromatic nitrogens is 1. The Labute approximate surface area is 106 Å². The second-order valence-electron chi connectivity index (χ2n) is 4.23. The Morgan fingerprint density at radius 1 is 0.833 bits per heavy atom. The van der Waals surface area contributed by atoms with Crippen LogP contribution in [0.4, 0.5) is 0 Å². The van der Waals surface area contributed by atoms with Crippen LogP contribution in [-0.4, -0.2) is 0 Å². The molecule has 0 unspecified atom stereocenters. The van der Waals surface area contributed by atoms with Crippen LogP contribution >= 0.6 is 0 Å². The molecule has 18 heavy (non-hydrogen) atoms. The molecule has 0 radical (unpaired) electrons. The topological polar surface area (TPSA) is 13.1 Å². The van der Waals surface area contributed by atoms with Gasteiger partial charge in [-0.05, 0) is 23.6 Å². The number of hydrogen-bond acceptors (Lipinski definition) is 1. The van der Waals surface area contributed by atoms with Crippen LogP contribution in [-0.2, 0) is 7.05 Å². The molecule has 0 amide bonds. The van der Waals surface area contributed by atoms with Gasteiger partial charge in [0.15, 0.2) is 6.20 Å². The van der Waals surface area contributed by atoms with Crippen molar-refractivity contribution in [3.8, 4) is 11.6 Å². The van der Waals surface area contributed by atoms with E-state index in [1.807, 2.05) is 60.3 Å². The van der Waals surface area contributed by atoms with E-state index < -0.39 is 0 Å². The van der Waals surface area contributed by atoms with Gasteiger partial charge in [-0.25, -0.2) is 0 Å². The molecule has 2 heteroatoms. The van der Waals surface area contributed by atoms with E-state index in [1.54, 1.807) is 0 Å². The van der Waals surface area contributed by atoms with Crippen LogP contribution in [0.5, 0.6) is 11.6 Å². The van der Waals surface area contributed by atoms with Crippen LogP contribution in [0.15, 0.2) is 66.9 Å². The predicted octanol–water partition coefficient (Wildman–Crippen LogP) is 3.46. The summed E-state index contributed by atoms with van der Waals surface area (Å²) < 4.78 is 7.98. The van der Waals surface area contributed by atoms with E-state index in [9.17, 15) is 0 Å². The van der Waals surface area contributed by atoms with Crippen LogP contribution < -0.4 is 9.30 Å². The van der Waals surface area contributed by atoms with Crippen molar-refractivity contribution in [2.75, 3.05) is 0 Å².